The topological polar surface area (TPSA) is 136 Å². The predicted molar refractivity (Wildman–Crippen MR) is 155 cm³/mol. The van der Waals surface area contributed by atoms with Crippen LogP contribution in [0.25, 0.3) is 0 Å². The van der Waals surface area contributed by atoms with Gasteiger partial charge in [0.2, 0.25) is 0 Å². The number of amides is 3. The van der Waals surface area contributed by atoms with Crippen LogP contribution in [0.1, 0.15) is 52.7 Å². The van der Waals surface area contributed by atoms with Crippen molar-refractivity contribution in [2.24, 2.45) is 0 Å². The van der Waals surface area contributed by atoms with Gasteiger partial charge in [-0.25, -0.2) is 9.59 Å². The Morgan fingerprint density at radius 2 is 1.25 bits per heavy atom. The summed E-state index contributed by atoms with van der Waals surface area (Å²) in [6.07, 6.45) is -0.912. The first-order valence-electron chi connectivity index (χ1n) is 12.7. The van der Waals surface area contributed by atoms with Crippen molar-refractivity contribution >= 4 is 46.7 Å². The van der Waals surface area contributed by atoms with Crippen molar-refractivity contribution in [1.82, 2.24) is 10.6 Å². The number of carbonyl (C=O) groups is 3. The average Bonchev–Trinajstić information content (AvgIpc) is 2.84. The average molecular weight is 573 g/mol. The Labute approximate surface area is 239 Å². The van der Waals surface area contributed by atoms with Crippen LogP contribution in [-0.2, 0) is 27.4 Å². The monoisotopic (exact) mass is 572 g/mol. The van der Waals surface area contributed by atoms with Gasteiger partial charge < -0.3 is 40.2 Å². The highest BCUT2D eigenvalue weighted by Crippen LogP contribution is 2.29. The standard InChI is InChI=1S/C14H18N2O4.C14H18N2O3S/c1-14(2,3)20-13(18)15-7-9-4-5-11-10(6-9)16-12(17)8-19-11;1-14(2,3)19-13(17)15-7-9-4-5-11-10(6-9)16-12(20)8-18-11/h4-6H,7-8H2,1-3H3,(H,15,18)(H,16,17);4-6H,7-8H2,1-3H3,(H,15,17)(H,16,20). The van der Waals surface area contributed by atoms with Crippen LogP contribution in [0.2, 0.25) is 0 Å². The Bertz CT molecular complexity index is 1170. The van der Waals surface area contributed by atoms with Gasteiger partial charge in [0.25, 0.3) is 5.91 Å². The predicted octanol–water partition coefficient (Wildman–Crippen LogP) is 4.89. The molecule has 3 amide bonds. The molecular formula is C28H36N4O7S. The van der Waals surface area contributed by atoms with Crippen LogP contribution in [0.15, 0.2) is 36.4 Å². The molecular weight excluding hydrogens is 536 g/mol. The van der Waals surface area contributed by atoms with E-state index in [0.29, 0.717) is 36.1 Å². The van der Waals surface area contributed by atoms with Gasteiger partial charge in [-0.1, -0.05) is 24.4 Å². The number of hydrogen-bond donors (Lipinski definition) is 4. The highest BCUT2D eigenvalue weighted by Gasteiger charge is 2.19. The van der Waals surface area contributed by atoms with E-state index < -0.39 is 23.4 Å². The maximum atomic E-state index is 11.6. The first-order chi connectivity index (χ1) is 18.7. The number of hydrogen-bond acceptors (Lipinski definition) is 8. The molecule has 0 unspecified atom stereocenters. The molecule has 0 aromatic heterocycles. The van der Waals surface area contributed by atoms with Gasteiger partial charge in [-0.3, -0.25) is 4.79 Å². The van der Waals surface area contributed by atoms with Crippen molar-refractivity contribution < 1.29 is 33.3 Å². The molecule has 216 valence electrons. The number of rotatable bonds is 4. The zero-order valence-electron chi connectivity index (χ0n) is 23.6. The fraction of sp³-hybridized carbons (Fsp3) is 0.429. The SMILES string of the molecule is CC(C)(C)OC(=O)NCc1ccc2c(c1)NC(=O)CO2.CC(C)(C)OC(=O)NCc1ccc2c(c1)NC(=S)CO2. The molecule has 2 aromatic rings. The molecule has 12 heteroatoms. The molecule has 0 spiro atoms. The number of benzene rings is 2. The van der Waals surface area contributed by atoms with Crippen LogP contribution < -0.4 is 30.7 Å². The van der Waals surface area contributed by atoms with E-state index in [0.717, 1.165) is 22.6 Å². The first kappa shape index (κ1) is 30.5. The summed E-state index contributed by atoms with van der Waals surface area (Å²) in [6, 6.07) is 11.0. The molecule has 2 heterocycles. The summed E-state index contributed by atoms with van der Waals surface area (Å²) in [6.45, 7) is 12.0. The summed E-state index contributed by atoms with van der Waals surface area (Å²) in [5.41, 5.74) is 2.20. The van der Waals surface area contributed by atoms with E-state index in [1.165, 1.54) is 0 Å². The molecule has 0 fully saturated rings. The van der Waals surface area contributed by atoms with E-state index in [1.807, 2.05) is 45.0 Å². The maximum Gasteiger partial charge on any atom is 0.407 e. The summed E-state index contributed by atoms with van der Waals surface area (Å²) >= 11 is 5.07. The van der Waals surface area contributed by atoms with Crippen molar-refractivity contribution in [1.29, 1.82) is 0 Å². The van der Waals surface area contributed by atoms with Crippen LogP contribution in [-0.4, -0.2) is 47.5 Å². The Kier molecular flexibility index (Phi) is 9.80. The number of alkyl carbamates (subject to hydrolysis) is 2. The number of anilines is 2. The first-order valence-corrected chi connectivity index (χ1v) is 13.1. The number of fused-ring (bicyclic) bond motifs is 2. The van der Waals surface area contributed by atoms with E-state index in [1.54, 1.807) is 32.9 Å². The zero-order chi connectivity index (χ0) is 29.5. The van der Waals surface area contributed by atoms with Crippen LogP contribution in [0.4, 0.5) is 21.0 Å². The van der Waals surface area contributed by atoms with Crippen molar-refractivity contribution in [2.45, 2.75) is 65.8 Å². The number of carbonyl (C=O) groups excluding carboxylic acids is 3. The molecule has 2 aromatic carbocycles. The lowest BCUT2D eigenvalue weighted by Gasteiger charge is -2.21. The van der Waals surface area contributed by atoms with Crippen molar-refractivity contribution in [3.63, 3.8) is 0 Å². The van der Waals surface area contributed by atoms with Gasteiger partial charge in [0.15, 0.2) is 6.61 Å². The van der Waals surface area contributed by atoms with Crippen LogP contribution >= 0.6 is 12.2 Å². The summed E-state index contributed by atoms with van der Waals surface area (Å²) in [7, 11) is 0. The number of ether oxygens (including phenoxy) is 4. The van der Waals surface area contributed by atoms with E-state index in [-0.39, 0.29) is 12.5 Å². The molecule has 11 nitrogen and oxygen atoms in total. The highest BCUT2D eigenvalue weighted by molar-refractivity contribution is 7.80. The van der Waals surface area contributed by atoms with E-state index in [9.17, 15) is 14.4 Å². The minimum atomic E-state index is -0.526. The lowest BCUT2D eigenvalue weighted by molar-refractivity contribution is -0.118. The minimum absolute atomic E-state index is 0.0303. The van der Waals surface area contributed by atoms with Crippen LogP contribution in [0.5, 0.6) is 11.5 Å². The smallest absolute Gasteiger partial charge is 0.407 e. The lowest BCUT2D eigenvalue weighted by Crippen LogP contribution is -2.32. The third kappa shape index (κ3) is 10.3. The molecule has 0 aliphatic carbocycles. The van der Waals surface area contributed by atoms with Gasteiger partial charge in [-0.2, -0.15) is 0 Å². The fourth-order valence-corrected chi connectivity index (χ4v) is 3.63. The quantitative estimate of drug-likeness (QED) is 0.378. The van der Waals surface area contributed by atoms with E-state index >= 15 is 0 Å². The molecule has 4 rings (SSSR count). The second kappa shape index (κ2) is 12.9. The maximum absolute atomic E-state index is 11.6. The molecule has 4 N–H and O–H groups in total. The molecule has 0 atom stereocenters. The van der Waals surface area contributed by atoms with Crippen LogP contribution in [0, 0.1) is 0 Å². The second-order valence-corrected chi connectivity index (χ2v) is 11.5. The van der Waals surface area contributed by atoms with Gasteiger partial charge in [0.05, 0.1) is 11.4 Å². The Morgan fingerprint density at radius 1 is 0.800 bits per heavy atom. The molecule has 0 bridgehead atoms. The van der Waals surface area contributed by atoms with Crippen molar-refractivity contribution in [3.05, 3.63) is 47.5 Å². The van der Waals surface area contributed by atoms with Gasteiger partial charge >= 0.3 is 12.2 Å². The van der Waals surface area contributed by atoms with E-state index in [4.69, 9.17) is 31.2 Å². The summed E-state index contributed by atoms with van der Waals surface area (Å²) < 4.78 is 21.0. The van der Waals surface area contributed by atoms with Gasteiger partial charge in [0.1, 0.15) is 34.3 Å². The zero-order valence-corrected chi connectivity index (χ0v) is 24.4. The fourth-order valence-electron chi connectivity index (χ4n) is 3.46. The molecule has 0 saturated heterocycles. The molecule has 2 aliphatic heterocycles. The van der Waals surface area contributed by atoms with Crippen LogP contribution in [0.3, 0.4) is 0 Å². The molecule has 2 aliphatic rings. The summed E-state index contributed by atoms with van der Waals surface area (Å²) in [5.74, 6) is 1.21. The number of thiocarbonyl (C=S) groups is 1. The Hall–Kier alpha value is -4.06. The minimum Gasteiger partial charge on any atom is -0.484 e. The third-order valence-corrected chi connectivity index (χ3v) is 5.25. The normalized spacial score (nSPS) is 13.8. The highest BCUT2D eigenvalue weighted by atomic mass is 32.1. The molecule has 0 radical (unpaired) electrons. The molecule has 40 heavy (non-hydrogen) atoms. The van der Waals surface area contributed by atoms with Gasteiger partial charge in [-0.05, 0) is 76.9 Å². The Morgan fingerprint density at radius 3 is 1.73 bits per heavy atom. The third-order valence-electron chi connectivity index (χ3n) is 5.03. The molecule has 0 saturated carbocycles. The van der Waals surface area contributed by atoms with Gasteiger partial charge in [-0.15, -0.1) is 0 Å². The Balaban J connectivity index is 0.000000220. The van der Waals surface area contributed by atoms with Gasteiger partial charge in [0, 0.05) is 13.1 Å². The summed E-state index contributed by atoms with van der Waals surface area (Å²) in [5, 5.41) is 11.2. The number of nitrogens with one attached hydrogen (secondary N) is 4. The second-order valence-electron chi connectivity index (χ2n) is 11.0. The largest absolute Gasteiger partial charge is 0.484 e. The van der Waals surface area contributed by atoms with E-state index in [2.05, 4.69) is 21.3 Å². The van der Waals surface area contributed by atoms with Crippen molar-refractivity contribution in [2.75, 3.05) is 23.8 Å². The lowest BCUT2D eigenvalue weighted by atomic mass is 10.1. The summed E-state index contributed by atoms with van der Waals surface area (Å²) in [4.78, 5) is 35.0. The van der Waals surface area contributed by atoms with Crippen molar-refractivity contribution in [3.8, 4) is 11.5 Å².